The topological polar surface area (TPSA) is 25.4 Å². The molecule has 4 heteroatoms. The number of nitrogens with zero attached hydrogens (tertiary/aromatic N) is 2. The summed E-state index contributed by atoms with van der Waals surface area (Å²) in [5, 5.41) is 1.02. The van der Waals surface area contributed by atoms with E-state index in [0.29, 0.717) is 0 Å². The zero-order valence-electron chi connectivity index (χ0n) is 10.4. The number of rotatable bonds is 6. The molecule has 17 heavy (non-hydrogen) atoms. The summed E-state index contributed by atoms with van der Waals surface area (Å²) < 4.78 is 5.29. The van der Waals surface area contributed by atoms with Gasteiger partial charge < -0.3 is 4.74 Å². The maximum Gasteiger partial charge on any atom is 0.122 e. The number of alkyl halides is 1. The highest BCUT2D eigenvalue weighted by Crippen LogP contribution is 2.28. The Balaban J connectivity index is 2.07. The normalized spacial score (nSPS) is 15.3. The molecule has 0 radical (unpaired) electrons. The number of aryl methyl sites for hydroxylation is 1. The van der Waals surface area contributed by atoms with Gasteiger partial charge in [-0.2, -0.15) is 0 Å². The van der Waals surface area contributed by atoms with Crippen molar-refractivity contribution in [2.75, 3.05) is 19.0 Å². The zero-order valence-corrected chi connectivity index (χ0v) is 12.0. The molecule has 2 rings (SSSR count). The summed E-state index contributed by atoms with van der Waals surface area (Å²) in [4.78, 5) is 7.07. The van der Waals surface area contributed by atoms with Crippen LogP contribution in [0.5, 0.6) is 5.75 Å². The van der Waals surface area contributed by atoms with E-state index in [1.807, 2.05) is 19.1 Å². The molecule has 0 aromatic carbocycles. The highest BCUT2D eigenvalue weighted by atomic mass is 79.9. The molecule has 1 heterocycles. The first-order chi connectivity index (χ1) is 8.22. The van der Waals surface area contributed by atoms with Gasteiger partial charge in [0.25, 0.3) is 0 Å². The van der Waals surface area contributed by atoms with Gasteiger partial charge in [0.15, 0.2) is 0 Å². The van der Waals surface area contributed by atoms with Crippen LogP contribution in [0.15, 0.2) is 12.1 Å². The van der Waals surface area contributed by atoms with Crippen molar-refractivity contribution in [1.29, 1.82) is 0 Å². The van der Waals surface area contributed by atoms with Crippen LogP contribution >= 0.6 is 15.9 Å². The number of hydrogen-bond donors (Lipinski definition) is 0. The summed E-state index contributed by atoms with van der Waals surface area (Å²) in [6, 6.07) is 4.77. The van der Waals surface area contributed by atoms with Crippen LogP contribution in [-0.2, 0) is 6.54 Å². The molecule has 1 saturated carbocycles. The Morgan fingerprint density at radius 2 is 2.24 bits per heavy atom. The largest absolute Gasteiger partial charge is 0.497 e. The van der Waals surface area contributed by atoms with Crippen LogP contribution in [-0.4, -0.2) is 34.9 Å². The standard InChI is InChI=1S/C13H19BrN2O/c1-10-7-13(17-2)8-11(15-10)9-16(6-5-14)12-3-4-12/h7-8,12H,3-6,9H2,1-2H3. The SMILES string of the molecule is COc1cc(C)nc(CN(CCBr)C2CC2)c1. The van der Waals surface area contributed by atoms with Gasteiger partial charge in [-0.3, -0.25) is 9.88 Å². The fourth-order valence-corrected chi connectivity index (χ4v) is 2.50. The maximum atomic E-state index is 5.29. The minimum absolute atomic E-state index is 0.765. The Morgan fingerprint density at radius 3 is 2.82 bits per heavy atom. The van der Waals surface area contributed by atoms with E-state index in [1.54, 1.807) is 7.11 Å². The second kappa shape index (κ2) is 5.83. The molecule has 1 aliphatic carbocycles. The number of pyridine rings is 1. The van der Waals surface area contributed by atoms with Gasteiger partial charge in [-0.25, -0.2) is 0 Å². The maximum absolute atomic E-state index is 5.29. The lowest BCUT2D eigenvalue weighted by molar-refractivity contribution is 0.268. The van der Waals surface area contributed by atoms with Crippen LogP contribution in [0.4, 0.5) is 0 Å². The van der Waals surface area contributed by atoms with Gasteiger partial charge in [0.1, 0.15) is 5.75 Å². The molecule has 3 nitrogen and oxygen atoms in total. The Bertz CT molecular complexity index is 380. The van der Waals surface area contributed by atoms with Crippen LogP contribution in [0.25, 0.3) is 0 Å². The summed E-state index contributed by atoms with van der Waals surface area (Å²) >= 11 is 3.52. The second-order valence-corrected chi connectivity index (χ2v) is 5.32. The van der Waals surface area contributed by atoms with E-state index in [2.05, 4.69) is 25.8 Å². The van der Waals surface area contributed by atoms with E-state index in [9.17, 15) is 0 Å². The van der Waals surface area contributed by atoms with Crippen LogP contribution in [0.2, 0.25) is 0 Å². The van der Waals surface area contributed by atoms with Gasteiger partial charge in [0.05, 0.1) is 12.8 Å². The van der Waals surface area contributed by atoms with Crippen molar-refractivity contribution in [3.8, 4) is 5.75 Å². The van der Waals surface area contributed by atoms with Crippen molar-refractivity contribution < 1.29 is 4.74 Å². The summed E-state index contributed by atoms with van der Waals surface area (Å²) in [5.41, 5.74) is 2.13. The van der Waals surface area contributed by atoms with Crippen molar-refractivity contribution in [2.24, 2.45) is 0 Å². The molecule has 0 N–H and O–H groups in total. The number of methoxy groups -OCH3 is 1. The van der Waals surface area contributed by atoms with E-state index in [4.69, 9.17) is 4.74 Å². The van der Waals surface area contributed by atoms with Gasteiger partial charge in [-0.1, -0.05) is 15.9 Å². The molecule has 0 saturated heterocycles. The average Bonchev–Trinajstić information content (AvgIpc) is 3.11. The van der Waals surface area contributed by atoms with Crippen LogP contribution < -0.4 is 4.74 Å². The lowest BCUT2D eigenvalue weighted by atomic mass is 10.2. The van der Waals surface area contributed by atoms with Gasteiger partial charge in [0, 0.05) is 42.3 Å². The number of aromatic nitrogens is 1. The molecule has 0 aliphatic heterocycles. The predicted molar refractivity (Wildman–Crippen MR) is 72.8 cm³/mol. The molecule has 0 unspecified atom stereocenters. The minimum atomic E-state index is 0.765. The minimum Gasteiger partial charge on any atom is -0.497 e. The molecule has 1 aliphatic rings. The second-order valence-electron chi connectivity index (χ2n) is 4.53. The molecule has 94 valence electrons. The third-order valence-electron chi connectivity index (χ3n) is 3.02. The number of ether oxygens (including phenoxy) is 1. The zero-order chi connectivity index (χ0) is 12.3. The molecular formula is C13H19BrN2O. The summed E-state index contributed by atoms with van der Waals surface area (Å²) in [6.07, 6.45) is 2.66. The molecule has 1 aromatic heterocycles. The van der Waals surface area contributed by atoms with E-state index in [0.717, 1.165) is 41.6 Å². The fourth-order valence-electron chi connectivity index (χ4n) is 2.05. The average molecular weight is 299 g/mol. The van der Waals surface area contributed by atoms with Crippen LogP contribution in [0.3, 0.4) is 0 Å². The molecule has 0 spiro atoms. The fraction of sp³-hybridized carbons (Fsp3) is 0.615. The van der Waals surface area contributed by atoms with Crippen molar-refractivity contribution in [2.45, 2.75) is 32.4 Å². The summed E-state index contributed by atoms with van der Waals surface area (Å²) in [6.45, 7) is 4.02. The van der Waals surface area contributed by atoms with E-state index in [1.165, 1.54) is 12.8 Å². The molecule has 0 atom stereocenters. The third kappa shape index (κ3) is 3.68. The number of hydrogen-bond acceptors (Lipinski definition) is 3. The van der Waals surface area contributed by atoms with Crippen molar-refractivity contribution >= 4 is 15.9 Å². The van der Waals surface area contributed by atoms with Crippen LogP contribution in [0, 0.1) is 6.92 Å². The molecular weight excluding hydrogens is 280 g/mol. The van der Waals surface area contributed by atoms with Crippen molar-refractivity contribution in [3.63, 3.8) is 0 Å². The quantitative estimate of drug-likeness (QED) is 0.755. The Morgan fingerprint density at radius 1 is 1.47 bits per heavy atom. The Kier molecular flexibility index (Phi) is 4.40. The van der Waals surface area contributed by atoms with Gasteiger partial charge >= 0.3 is 0 Å². The van der Waals surface area contributed by atoms with Gasteiger partial charge in [-0.05, 0) is 19.8 Å². The van der Waals surface area contributed by atoms with E-state index < -0.39 is 0 Å². The summed E-state index contributed by atoms with van der Waals surface area (Å²) in [7, 11) is 1.70. The molecule has 0 bridgehead atoms. The lowest BCUT2D eigenvalue weighted by Crippen LogP contribution is -2.28. The molecule has 0 amide bonds. The predicted octanol–water partition coefficient (Wildman–Crippen LogP) is 2.76. The monoisotopic (exact) mass is 298 g/mol. The van der Waals surface area contributed by atoms with E-state index >= 15 is 0 Å². The molecule has 1 aromatic rings. The first-order valence-electron chi connectivity index (χ1n) is 6.04. The van der Waals surface area contributed by atoms with Crippen molar-refractivity contribution in [1.82, 2.24) is 9.88 Å². The first-order valence-corrected chi connectivity index (χ1v) is 7.16. The van der Waals surface area contributed by atoms with Crippen LogP contribution in [0.1, 0.15) is 24.2 Å². The highest BCUT2D eigenvalue weighted by molar-refractivity contribution is 9.09. The van der Waals surface area contributed by atoms with E-state index in [-0.39, 0.29) is 0 Å². The summed E-state index contributed by atoms with van der Waals surface area (Å²) in [5.74, 6) is 0.905. The smallest absolute Gasteiger partial charge is 0.122 e. The first kappa shape index (κ1) is 12.8. The number of halogens is 1. The Hall–Kier alpha value is -0.610. The van der Waals surface area contributed by atoms with Gasteiger partial charge in [0.2, 0.25) is 0 Å². The lowest BCUT2D eigenvalue weighted by Gasteiger charge is -2.20. The molecule has 1 fully saturated rings. The third-order valence-corrected chi connectivity index (χ3v) is 3.37. The van der Waals surface area contributed by atoms with Gasteiger partial charge in [-0.15, -0.1) is 0 Å². The van der Waals surface area contributed by atoms with Crippen molar-refractivity contribution in [3.05, 3.63) is 23.5 Å². The Labute approximate surface area is 111 Å². The highest BCUT2D eigenvalue weighted by Gasteiger charge is 2.28.